The number of aromatic nitrogens is 2. The molecular weight excluding hydrogens is 192 g/mol. The molecular formula is C10H18N4O. The number of rotatable bonds is 3. The summed E-state index contributed by atoms with van der Waals surface area (Å²) in [6.45, 7) is 4.07. The van der Waals surface area contributed by atoms with E-state index in [9.17, 15) is 0 Å². The van der Waals surface area contributed by atoms with Crippen LogP contribution in [0.5, 0.6) is 0 Å². The summed E-state index contributed by atoms with van der Waals surface area (Å²) in [6.07, 6.45) is 3.72. The van der Waals surface area contributed by atoms with E-state index in [0.29, 0.717) is 23.9 Å². The number of anilines is 1. The van der Waals surface area contributed by atoms with E-state index in [1.54, 1.807) is 0 Å². The molecule has 0 amide bonds. The monoisotopic (exact) mass is 210 g/mol. The fraction of sp³-hybridized carbons (Fsp3) is 0.800. The van der Waals surface area contributed by atoms with Crippen LogP contribution in [0.3, 0.4) is 0 Å². The largest absolute Gasteiger partial charge is 0.406 e. The first kappa shape index (κ1) is 10.4. The van der Waals surface area contributed by atoms with Gasteiger partial charge in [0.05, 0.1) is 6.04 Å². The molecule has 1 aromatic heterocycles. The molecule has 5 heteroatoms. The summed E-state index contributed by atoms with van der Waals surface area (Å²) in [4.78, 5) is 0. The van der Waals surface area contributed by atoms with Gasteiger partial charge in [0.1, 0.15) is 0 Å². The lowest BCUT2D eigenvalue weighted by molar-refractivity contribution is 0.459. The molecule has 3 atom stereocenters. The maximum absolute atomic E-state index is 5.64. The number of hydrogen-bond donors (Lipinski definition) is 2. The minimum atomic E-state index is -0.200. The number of nitrogens with one attached hydrogen (secondary N) is 1. The van der Waals surface area contributed by atoms with E-state index in [1.165, 1.54) is 19.3 Å². The lowest BCUT2D eigenvalue weighted by atomic mass is 10.1. The molecule has 2 rings (SSSR count). The minimum Gasteiger partial charge on any atom is -0.406 e. The standard InChI is InChI=1S/C10H18N4O/c1-6-4-3-5-8(6)12-10-14-13-9(15-10)7(2)11/h6-8H,3-5,11H2,1-2H3,(H,12,14). The molecule has 1 saturated carbocycles. The van der Waals surface area contributed by atoms with E-state index in [4.69, 9.17) is 10.2 Å². The Morgan fingerprint density at radius 2 is 2.27 bits per heavy atom. The van der Waals surface area contributed by atoms with Crippen molar-refractivity contribution in [2.24, 2.45) is 11.7 Å². The van der Waals surface area contributed by atoms with Gasteiger partial charge in [-0.2, -0.15) is 0 Å². The zero-order valence-corrected chi connectivity index (χ0v) is 9.23. The summed E-state index contributed by atoms with van der Waals surface area (Å²) in [5.74, 6) is 1.17. The smallest absolute Gasteiger partial charge is 0.315 e. The molecule has 0 aliphatic heterocycles. The van der Waals surface area contributed by atoms with Crippen molar-refractivity contribution in [1.82, 2.24) is 10.2 Å². The Kier molecular flexibility index (Phi) is 2.90. The van der Waals surface area contributed by atoms with E-state index < -0.39 is 0 Å². The molecule has 1 aromatic rings. The van der Waals surface area contributed by atoms with Crippen molar-refractivity contribution in [3.8, 4) is 0 Å². The highest BCUT2D eigenvalue weighted by atomic mass is 16.4. The van der Waals surface area contributed by atoms with Crippen molar-refractivity contribution in [3.05, 3.63) is 5.89 Å². The van der Waals surface area contributed by atoms with Crippen LogP contribution in [0, 0.1) is 5.92 Å². The second kappa shape index (κ2) is 4.18. The molecule has 15 heavy (non-hydrogen) atoms. The van der Waals surface area contributed by atoms with E-state index in [1.807, 2.05) is 6.92 Å². The highest BCUT2D eigenvalue weighted by Gasteiger charge is 2.24. The third-order valence-electron chi connectivity index (χ3n) is 3.00. The molecule has 1 aliphatic carbocycles. The minimum absolute atomic E-state index is 0.200. The molecule has 84 valence electrons. The Bertz CT molecular complexity index is 323. The zero-order chi connectivity index (χ0) is 10.8. The highest BCUT2D eigenvalue weighted by molar-refractivity contribution is 5.21. The fourth-order valence-corrected chi connectivity index (χ4v) is 2.00. The van der Waals surface area contributed by atoms with Crippen LogP contribution in [0.25, 0.3) is 0 Å². The number of hydrogen-bond acceptors (Lipinski definition) is 5. The lowest BCUT2D eigenvalue weighted by Gasteiger charge is -2.14. The van der Waals surface area contributed by atoms with Crippen LogP contribution in [-0.2, 0) is 0 Å². The van der Waals surface area contributed by atoms with Crippen LogP contribution in [0.1, 0.15) is 45.0 Å². The van der Waals surface area contributed by atoms with Gasteiger partial charge in [-0.3, -0.25) is 0 Å². The van der Waals surface area contributed by atoms with Gasteiger partial charge in [-0.1, -0.05) is 18.4 Å². The van der Waals surface area contributed by atoms with E-state index in [2.05, 4.69) is 22.4 Å². The van der Waals surface area contributed by atoms with Gasteiger partial charge < -0.3 is 15.5 Å². The quantitative estimate of drug-likeness (QED) is 0.793. The third kappa shape index (κ3) is 2.28. The van der Waals surface area contributed by atoms with Gasteiger partial charge in [-0.05, 0) is 25.7 Å². The Labute approximate surface area is 89.4 Å². The fourth-order valence-electron chi connectivity index (χ4n) is 2.00. The average molecular weight is 210 g/mol. The molecule has 0 saturated heterocycles. The predicted molar refractivity (Wildman–Crippen MR) is 57.3 cm³/mol. The normalized spacial score (nSPS) is 27.9. The molecule has 1 fully saturated rings. The Hall–Kier alpha value is -1.10. The third-order valence-corrected chi connectivity index (χ3v) is 3.00. The van der Waals surface area contributed by atoms with Crippen molar-refractivity contribution in [1.29, 1.82) is 0 Å². The highest BCUT2D eigenvalue weighted by Crippen LogP contribution is 2.27. The van der Waals surface area contributed by atoms with Crippen LogP contribution >= 0.6 is 0 Å². The van der Waals surface area contributed by atoms with E-state index in [-0.39, 0.29) is 6.04 Å². The second-order valence-corrected chi connectivity index (χ2v) is 4.39. The molecule has 0 bridgehead atoms. The van der Waals surface area contributed by atoms with Gasteiger partial charge in [0.15, 0.2) is 0 Å². The predicted octanol–water partition coefficient (Wildman–Crippen LogP) is 1.69. The van der Waals surface area contributed by atoms with Crippen molar-refractivity contribution in [2.45, 2.75) is 45.2 Å². The van der Waals surface area contributed by atoms with E-state index >= 15 is 0 Å². The Balaban J connectivity index is 1.98. The lowest BCUT2D eigenvalue weighted by Crippen LogP contribution is -2.21. The van der Waals surface area contributed by atoms with Gasteiger partial charge in [0, 0.05) is 6.04 Å². The molecule has 1 aliphatic rings. The second-order valence-electron chi connectivity index (χ2n) is 4.39. The summed E-state index contributed by atoms with van der Waals surface area (Å²) < 4.78 is 5.40. The SMILES string of the molecule is CC(N)c1nnc(NC2CCCC2C)o1. The van der Waals surface area contributed by atoms with Crippen LogP contribution in [0.15, 0.2) is 4.42 Å². The maximum atomic E-state index is 5.64. The van der Waals surface area contributed by atoms with Crippen LogP contribution in [0.4, 0.5) is 6.01 Å². The molecule has 0 radical (unpaired) electrons. The average Bonchev–Trinajstić information content (AvgIpc) is 2.77. The van der Waals surface area contributed by atoms with E-state index in [0.717, 1.165) is 0 Å². The Morgan fingerprint density at radius 1 is 1.47 bits per heavy atom. The van der Waals surface area contributed by atoms with Gasteiger partial charge >= 0.3 is 6.01 Å². The molecule has 5 nitrogen and oxygen atoms in total. The summed E-state index contributed by atoms with van der Waals surface area (Å²) in [6, 6.07) is 0.765. The van der Waals surface area contributed by atoms with Crippen molar-refractivity contribution in [3.63, 3.8) is 0 Å². The Morgan fingerprint density at radius 3 is 2.80 bits per heavy atom. The summed E-state index contributed by atoms with van der Waals surface area (Å²) >= 11 is 0. The first-order valence-corrected chi connectivity index (χ1v) is 5.52. The van der Waals surface area contributed by atoms with Gasteiger partial charge in [0.2, 0.25) is 5.89 Å². The summed E-state index contributed by atoms with van der Waals surface area (Å²) in [5, 5.41) is 11.1. The number of nitrogens with two attached hydrogens (primary N) is 1. The zero-order valence-electron chi connectivity index (χ0n) is 9.23. The first-order chi connectivity index (χ1) is 7.16. The van der Waals surface area contributed by atoms with Crippen molar-refractivity contribution < 1.29 is 4.42 Å². The van der Waals surface area contributed by atoms with Gasteiger partial charge in [-0.15, -0.1) is 5.10 Å². The van der Waals surface area contributed by atoms with Crippen LogP contribution < -0.4 is 11.1 Å². The summed E-state index contributed by atoms with van der Waals surface area (Å²) in [5.41, 5.74) is 5.64. The summed E-state index contributed by atoms with van der Waals surface area (Å²) in [7, 11) is 0. The molecule has 0 spiro atoms. The topological polar surface area (TPSA) is 77.0 Å². The molecule has 3 N–H and O–H groups in total. The van der Waals surface area contributed by atoms with Gasteiger partial charge in [0.25, 0.3) is 0 Å². The van der Waals surface area contributed by atoms with Crippen molar-refractivity contribution in [2.75, 3.05) is 5.32 Å². The maximum Gasteiger partial charge on any atom is 0.315 e. The molecule has 1 heterocycles. The van der Waals surface area contributed by atoms with Crippen LogP contribution in [0.2, 0.25) is 0 Å². The molecule has 3 unspecified atom stereocenters. The molecule has 0 aromatic carbocycles. The first-order valence-electron chi connectivity index (χ1n) is 5.52. The number of nitrogens with zero attached hydrogens (tertiary/aromatic N) is 2. The van der Waals surface area contributed by atoms with Gasteiger partial charge in [-0.25, -0.2) is 0 Å². The van der Waals surface area contributed by atoms with Crippen molar-refractivity contribution >= 4 is 6.01 Å². The van der Waals surface area contributed by atoms with Crippen LogP contribution in [-0.4, -0.2) is 16.2 Å².